The number of likely N-dealkylation sites (tertiary alicyclic amines) is 1. The SMILES string of the molecule is CN(C)C1CCN(C(=O)c2ccccc2Cl)CC1. The van der Waals surface area contributed by atoms with Crippen LogP contribution >= 0.6 is 11.6 Å². The second kappa shape index (κ2) is 5.72. The van der Waals surface area contributed by atoms with Crippen molar-refractivity contribution in [3.63, 3.8) is 0 Å². The van der Waals surface area contributed by atoms with Crippen LogP contribution < -0.4 is 0 Å². The second-order valence-corrected chi connectivity index (χ2v) is 5.37. The third kappa shape index (κ3) is 2.85. The molecule has 1 saturated heterocycles. The zero-order valence-corrected chi connectivity index (χ0v) is 11.7. The Kier molecular flexibility index (Phi) is 4.25. The lowest BCUT2D eigenvalue weighted by atomic mass is 10.0. The topological polar surface area (TPSA) is 23.6 Å². The predicted octanol–water partition coefficient (Wildman–Crippen LogP) is 2.51. The first kappa shape index (κ1) is 13.4. The number of rotatable bonds is 2. The van der Waals surface area contributed by atoms with Crippen LogP contribution in [0.1, 0.15) is 23.2 Å². The molecule has 1 aliphatic heterocycles. The zero-order chi connectivity index (χ0) is 13.1. The van der Waals surface area contributed by atoms with Gasteiger partial charge in [0, 0.05) is 19.1 Å². The summed E-state index contributed by atoms with van der Waals surface area (Å²) in [6.45, 7) is 1.62. The van der Waals surface area contributed by atoms with E-state index in [0.717, 1.165) is 25.9 Å². The standard InChI is InChI=1S/C14H19ClN2O/c1-16(2)11-7-9-17(10-8-11)14(18)12-5-3-4-6-13(12)15/h3-6,11H,7-10H2,1-2H3. The minimum absolute atomic E-state index is 0.0535. The number of halogens is 1. The zero-order valence-electron chi connectivity index (χ0n) is 10.9. The summed E-state index contributed by atoms with van der Waals surface area (Å²) in [5, 5.41) is 0.539. The van der Waals surface area contributed by atoms with Gasteiger partial charge in [0.05, 0.1) is 10.6 Å². The molecule has 3 nitrogen and oxygen atoms in total. The smallest absolute Gasteiger partial charge is 0.255 e. The van der Waals surface area contributed by atoms with Crippen molar-refractivity contribution in [3.05, 3.63) is 34.9 Å². The highest BCUT2D eigenvalue weighted by molar-refractivity contribution is 6.33. The van der Waals surface area contributed by atoms with Crippen molar-refractivity contribution >= 4 is 17.5 Å². The van der Waals surface area contributed by atoms with Gasteiger partial charge in [-0.25, -0.2) is 0 Å². The van der Waals surface area contributed by atoms with Crippen LogP contribution in [-0.4, -0.2) is 48.9 Å². The Bertz CT molecular complexity index is 426. The van der Waals surface area contributed by atoms with E-state index in [1.165, 1.54) is 0 Å². The van der Waals surface area contributed by atoms with Crippen molar-refractivity contribution in [3.8, 4) is 0 Å². The molecule has 2 rings (SSSR count). The van der Waals surface area contributed by atoms with E-state index in [2.05, 4.69) is 19.0 Å². The molecule has 1 aromatic carbocycles. The molecule has 1 amide bonds. The van der Waals surface area contributed by atoms with Crippen LogP contribution in [0.4, 0.5) is 0 Å². The molecule has 1 fully saturated rings. The highest BCUT2D eigenvalue weighted by Gasteiger charge is 2.25. The van der Waals surface area contributed by atoms with Gasteiger partial charge < -0.3 is 9.80 Å². The molecule has 0 saturated carbocycles. The summed E-state index contributed by atoms with van der Waals surface area (Å²) < 4.78 is 0. The van der Waals surface area contributed by atoms with E-state index in [1.807, 2.05) is 17.0 Å². The van der Waals surface area contributed by atoms with Gasteiger partial charge in [-0.15, -0.1) is 0 Å². The Morgan fingerprint density at radius 2 is 1.89 bits per heavy atom. The summed E-state index contributed by atoms with van der Waals surface area (Å²) in [5.41, 5.74) is 0.613. The largest absolute Gasteiger partial charge is 0.338 e. The Morgan fingerprint density at radius 1 is 1.28 bits per heavy atom. The monoisotopic (exact) mass is 266 g/mol. The normalized spacial score (nSPS) is 17.2. The van der Waals surface area contributed by atoms with Crippen molar-refractivity contribution in [2.45, 2.75) is 18.9 Å². The van der Waals surface area contributed by atoms with Crippen LogP contribution in [0, 0.1) is 0 Å². The average Bonchev–Trinajstić information content (AvgIpc) is 2.38. The summed E-state index contributed by atoms with van der Waals surface area (Å²) >= 11 is 6.06. The highest BCUT2D eigenvalue weighted by atomic mass is 35.5. The number of carbonyl (C=O) groups is 1. The maximum Gasteiger partial charge on any atom is 0.255 e. The van der Waals surface area contributed by atoms with Crippen molar-refractivity contribution in [1.29, 1.82) is 0 Å². The van der Waals surface area contributed by atoms with Crippen LogP contribution in [-0.2, 0) is 0 Å². The van der Waals surface area contributed by atoms with Crippen molar-refractivity contribution < 1.29 is 4.79 Å². The maximum atomic E-state index is 12.3. The fourth-order valence-electron chi connectivity index (χ4n) is 2.39. The van der Waals surface area contributed by atoms with Gasteiger partial charge in [-0.3, -0.25) is 4.79 Å². The number of amides is 1. The Morgan fingerprint density at radius 3 is 2.44 bits per heavy atom. The minimum atomic E-state index is 0.0535. The highest BCUT2D eigenvalue weighted by Crippen LogP contribution is 2.20. The lowest BCUT2D eigenvalue weighted by Crippen LogP contribution is -2.44. The summed E-state index contributed by atoms with van der Waals surface area (Å²) in [6.07, 6.45) is 2.06. The number of hydrogen-bond acceptors (Lipinski definition) is 2. The van der Waals surface area contributed by atoms with Crippen molar-refractivity contribution in [2.75, 3.05) is 27.2 Å². The predicted molar refractivity (Wildman–Crippen MR) is 74.1 cm³/mol. The molecule has 0 spiro atoms. The molecular formula is C14H19ClN2O. The molecule has 0 aromatic heterocycles. The van der Waals surface area contributed by atoms with Gasteiger partial charge >= 0.3 is 0 Å². The van der Waals surface area contributed by atoms with Gasteiger partial charge in [-0.05, 0) is 39.1 Å². The summed E-state index contributed by atoms with van der Waals surface area (Å²) in [5.74, 6) is 0.0535. The molecule has 1 heterocycles. The first-order valence-electron chi connectivity index (χ1n) is 6.30. The van der Waals surface area contributed by atoms with Crippen molar-refractivity contribution in [1.82, 2.24) is 9.80 Å². The average molecular weight is 267 g/mol. The number of benzene rings is 1. The van der Waals surface area contributed by atoms with Gasteiger partial charge in [0.15, 0.2) is 0 Å². The molecule has 0 aliphatic carbocycles. The summed E-state index contributed by atoms with van der Waals surface area (Å²) in [7, 11) is 4.19. The second-order valence-electron chi connectivity index (χ2n) is 4.97. The van der Waals surface area contributed by atoms with Gasteiger partial charge in [-0.1, -0.05) is 23.7 Å². The third-order valence-corrected chi connectivity index (χ3v) is 3.92. The first-order chi connectivity index (χ1) is 8.59. The molecule has 0 radical (unpaired) electrons. The van der Waals surface area contributed by atoms with E-state index in [9.17, 15) is 4.79 Å². The molecule has 1 aromatic rings. The molecule has 0 atom stereocenters. The fourth-order valence-corrected chi connectivity index (χ4v) is 2.61. The first-order valence-corrected chi connectivity index (χ1v) is 6.67. The number of hydrogen-bond donors (Lipinski definition) is 0. The molecule has 18 heavy (non-hydrogen) atoms. The van der Waals surface area contributed by atoms with Gasteiger partial charge in [0.1, 0.15) is 0 Å². The minimum Gasteiger partial charge on any atom is -0.338 e. The quantitative estimate of drug-likeness (QED) is 0.821. The van der Waals surface area contributed by atoms with Crippen LogP contribution in [0.15, 0.2) is 24.3 Å². The molecule has 0 bridgehead atoms. The van der Waals surface area contributed by atoms with Gasteiger partial charge in [0.2, 0.25) is 0 Å². The molecule has 1 aliphatic rings. The van der Waals surface area contributed by atoms with Crippen molar-refractivity contribution in [2.24, 2.45) is 0 Å². The fraction of sp³-hybridized carbons (Fsp3) is 0.500. The molecule has 0 unspecified atom stereocenters. The summed E-state index contributed by atoms with van der Waals surface area (Å²) in [4.78, 5) is 16.5. The van der Waals surface area contributed by atoms with E-state index in [-0.39, 0.29) is 5.91 Å². The number of nitrogens with zero attached hydrogens (tertiary/aromatic N) is 2. The Hall–Kier alpha value is -1.06. The number of carbonyl (C=O) groups excluding carboxylic acids is 1. The van der Waals surface area contributed by atoms with Crippen LogP contribution in [0.5, 0.6) is 0 Å². The number of piperidine rings is 1. The van der Waals surface area contributed by atoms with E-state index < -0.39 is 0 Å². The molecular weight excluding hydrogens is 248 g/mol. The van der Waals surface area contributed by atoms with E-state index in [0.29, 0.717) is 16.6 Å². The van der Waals surface area contributed by atoms with E-state index in [4.69, 9.17) is 11.6 Å². The van der Waals surface area contributed by atoms with Gasteiger partial charge in [-0.2, -0.15) is 0 Å². The maximum absolute atomic E-state index is 12.3. The van der Waals surface area contributed by atoms with E-state index >= 15 is 0 Å². The van der Waals surface area contributed by atoms with Gasteiger partial charge in [0.25, 0.3) is 5.91 Å². The van der Waals surface area contributed by atoms with Crippen LogP contribution in [0.25, 0.3) is 0 Å². The lowest BCUT2D eigenvalue weighted by Gasteiger charge is -2.35. The Labute approximate surface area is 113 Å². The Balaban J connectivity index is 2.02. The molecule has 4 heteroatoms. The van der Waals surface area contributed by atoms with Crippen LogP contribution in [0.2, 0.25) is 5.02 Å². The van der Waals surface area contributed by atoms with Crippen LogP contribution in [0.3, 0.4) is 0 Å². The molecule has 98 valence electrons. The lowest BCUT2D eigenvalue weighted by molar-refractivity contribution is 0.0663. The third-order valence-electron chi connectivity index (χ3n) is 3.59. The summed E-state index contributed by atoms with van der Waals surface area (Å²) in [6, 6.07) is 7.84. The van der Waals surface area contributed by atoms with E-state index in [1.54, 1.807) is 12.1 Å². The molecule has 0 N–H and O–H groups in total.